The van der Waals surface area contributed by atoms with E-state index in [9.17, 15) is 4.79 Å². The molecule has 0 saturated carbocycles. The SMILES string of the molecule is CCOc1cccc2sc(N(Cc3cccnc3)C(=O)c3ccco3)nc12. The molecule has 0 unspecified atom stereocenters. The number of anilines is 1. The van der Waals surface area contributed by atoms with Gasteiger partial charge in [0.25, 0.3) is 5.91 Å². The van der Waals surface area contributed by atoms with Gasteiger partial charge in [-0.2, -0.15) is 0 Å². The van der Waals surface area contributed by atoms with E-state index in [0.717, 1.165) is 15.8 Å². The average Bonchev–Trinajstić information content (AvgIpc) is 3.37. The number of benzene rings is 1. The van der Waals surface area contributed by atoms with Crippen LogP contribution in [-0.2, 0) is 6.54 Å². The second kappa shape index (κ2) is 7.59. The van der Waals surface area contributed by atoms with E-state index in [1.165, 1.54) is 17.6 Å². The van der Waals surface area contributed by atoms with Crippen LogP contribution < -0.4 is 9.64 Å². The van der Waals surface area contributed by atoms with Crippen LogP contribution in [0, 0.1) is 0 Å². The maximum absolute atomic E-state index is 13.0. The number of fused-ring (bicyclic) bond motifs is 1. The maximum atomic E-state index is 13.0. The fraction of sp³-hybridized carbons (Fsp3) is 0.150. The number of ether oxygens (including phenoxy) is 1. The highest BCUT2D eigenvalue weighted by Crippen LogP contribution is 2.35. The normalized spacial score (nSPS) is 10.9. The summed E-state index contributed by atoms with van der Waals surface area (Å²) in [4.78, 5) is 23.5. The van der Waals surface area contributed by atoms with E-state index in [1.54, 1.807) is 29.4 Å². The number of amides is 1. The van der Waals surface area contributed by atoms with Crippen molar-refractivity contribution in [2.75, 3.05) is 11.5 Å². The molecule has 0 radical (unpaired) electrons. The molecule has 0 spiro atoms. The first kappa shape index (κ1) is 17.2. The Morgan fingerprint density at radius 1 is 1.22 bits per heavy atom. The first-order valence-electron chi connectivity index (χ1n) is 8.53. The Kier molecular flexibility index (Phi) is 4.84. The van der Waals surface area contributed by atoms with Crippen LogP contribution in [-0.4, -0.2) is 22.5 Å². The van der Waals surface area contributed by atoms with Crippen molar-refractivity contribution in [3.63, 3.8) is 0 Å². The molecule has 0 bridgehead atoms. The monoisotopic (exact) mass is 379 g/mol. The predicted molar refractivity (Wildman–Crippen MR) is 104 cm³/mol. The van der Waals surface area contributed by atoms with Gasteiger partial charge in [-0.1, -0.05) is 23.5 Å². The van der Waals surface area contributed by atoms with Crippen LogP contribution in [0.2, 0.25) is 0 Å². The van der Waals surface area contributed by atoms with Crippen molar-refractivity contribution in [2.45, 2.75) is 13.5 Å². The summed E-state index contributed by atoms with van der Waals surface area (Å²) in [5.41, 5.74) is 1.66. The second-order valence-corrected chi connectivity index (χ2v) is 6.77. The Balaban J connectivity index is 1.77. The van der Waals surface area contributed by atoms with Crippen molar-refractivity contribution in [2.24, 2.45) is 0 Å². The summed E-state index contributed by atoms with van der Waals surface area (Å²) in [6.07, 6.45) is 4.93. The third-order valence-electron chi connectivity index (χ3n) is 3.94. The van der Waals surface area contributed by atoms with Crippen molar-refractivity contribution in [3.05, 3.63) is 72.4 Å². The maximum Gasteiger partial charge on any atom is 0.296 e. The van der Waals surface area contributed by atoms with Crippen LogP contribution in [0.15, 0.2) is 65.5 Å². The van der Waals surface area contributed by atoms with E-state index < -0.39 is 0 Å². The molecule has 0 N–H and O–H groups in total. The Labute approximate surface area is 160 Å². The highest BCUT2D eigenvalue weighted by atomic mass is 32.1. The van der Waals surface area contributed by atoms with Gasteiger partial charge >= 0.3 is 0 Å². The van der Waals surface area contributed by atoms with Gasteiger partial charge in [0.1, 0.15) is 11.3 Å². The molecule has 0 saturated heterocycles. The Hall–Kier alpha value is -3.19. The lowest BCUT2D eigenvalue weighted by atomic mass is 10.2. The van der Waals surface area contributed by atoms with Crippen molar-refractivity contribution in [1.29, 1.82) is 0 Å². The number of aromatic nitrogens is 2. The quantitative estimate of drug-likeness (QED) is 0.492. The van der Waals surface area contributed by atoms with Crippen molar-refractivity contribution >= 4 is 32.6 Å². The molecule has 3 heterocycles. The van der Waals surface area contributed by atoms with E-state index in [1.807, 2.05) is 37.3 Å². The molecule has 0 aliphatic rings. The van der Waals surface area contributed by atoms with Gasteiger partial charge in [0.2, 0.25) is 0 Å². The summed E-state index contributed by atoms with van der Waals surface area (Å²) in [7, 11) is 0. The van der Waals surface area contributed by atoms with Gasteiger partial charge in [-0.15, -0.1) is 0 Å². The number of para-hydroxylation sites is 1. The molecule has 0 aliphatic heterocycles. The number of rotatable bonds is 6. The molecular formula is C20H17N3O3S. The van der Waals surface area contributed by atoms with Gasteiger partial charge in [-0.25, -0.2) is 4.98 Å². The van der Waals surface area contributed by atoms with Crippen LogP contribution in [0.4, 0.5) is 5.13 Å². The lowest BCUT2D eigenvalue weighted by molar-refractivity contribution is 0.0958. The zero-order valence-electron chi connectivity index (χ0n) is 14.7. The van der Waals surface area contributed by atoms with E-state index in [0.29, 0.717) is 24.0 Å². The second-order valence-electron chi connectivity index (χ2n) is 5.76. The number of carbonyl (C=O) groups is 1. The average molecular weight is 379 g/mol. The molecular weight excluding hydrogens is 362 g/mol. The van der Waals surface area contributed by atoms with Gasteiger partial charge in [-0.05, 0) is 42.8 Å². The molecule has 0 aliphatic carbocycles. The number of furan rings is 1. The molecule has 4 rings (SSSR count). The number of hydrogen-bond acceptors (Lipinski definition) is 6. The van der Waals surface area contributed by atoms with E-state index in [-0.39, 0.29) is 11.7 Å². The molecule has 136 valence electrons. The summed E-state index contributed by atoms with van der Waals surface area (Å²) in [6, 6.07) is 12.9. The van der Waals surface area contributed by atoms with Crippen LogP contribution in [0.5, 0.6) is 5.75 Å². The summed E-state index contributed by atoms with van der Waals surface area (Å²) < 4.78 is 12.0. The van der Waals surface area contributed by atoms with Gasteiger partial charge in [0, 0.05) is 12.4 Å². The van der Waals surface area contributed by atoms with Crippen molar-refractivity contribution in [3.8, 4) is 5.75 Å². The minimum atomic E-state index is -0.249. The molecule has 4 aromatic rings. The molecule has 6 nitrogen and oxygen atoms in total. The lowest BCUT2D eigenvalue weighted by Gasteiger charge is -2.18. The lowest BCUT2D eigenvalue weighted by Crippen LogP contribution is -2.30. The van der Waals surface area contributed by atoms with Crippen LogP contribution in [0.25, 0.3) is 10.2 Å². The number of nitrogens with zero attached hydrogens (tertiary/aromatic N) is 3. The fourth-order valence-electron chi connectivity index (χ4n) is 2.73. The Morgan fingerprint density at radius 3 is 2.89 bits per heavy atom. The van der Waals surface area contributed by atoms with Crippen LogP contribution in [0.3, 0.4) is 0 Å². The number of hydrogen-bond donors (Lipinski definition) is 0. The number of carbonyl (C=O) groups excluding carboxylic acids is 1. The zero-order chi connectivity index (χ0) is 18.6. The number of thiazole rings is 1. The first-order valence-corrected chi connectivity index (χ1v) is 9.34. The summed E-state index contributed by atoms with van der Waals surface area (Å²) in [5, 5.41) is 0.586. The highest BCUT2D eigenvalue weighted by Gasteiger charge is 2.24. The molecule has 1 amide bonds. The van der Waals surface area contributed by atoms with Crippen LogP contribution >= 0.6 is 11.3 Å². The molecule has 3 aromatic heterocycles. The first-order chi connectivity index (χ1) is 13.3. The van der Waals surface area contributed by atoms with Gasteiger partial charge < -0.3 is 9.15 Å². The summed E-state index contributed by atoms with van der Waals surface area (Å²) in [6.45, 7) is 2.83. The third-order valence-corrected chi connectivity index (χ3v) is 4.99. The molecule has 7 heteroatoms. The topological polar surface area (TPSA) is 68.5 Å². The Morgan fingerprint density at radius 2 is 2.15 bits per heavy atom. The largest absolute Gasteiger partial charge is 0.492 e. The fourth-order valence-corrected chi connectivity index (χ4v) is 3.71. The molecule has 27 heavy (non-hydrogen) atoms. The van der Waals surface area contributed by atoms with Gasteiger partial charge in [0.05, 0.1) is 24.1 Å². The Bertz CT molecular complexity index is 1040. The molecule has 0 atom stereocenters. The van der Waals surface area contributed by atoms with Crippen LogP contribution in [0.1, 0.15) is 23.0 Å². The van der Waals surface area contributed by atoms with E-state index in [4.69, 9.17) is 14.1 Å². The molecule has 0 fully saturated rings. The van der Waals surface area contributed by atoms with Crippen molar-refractivity contribution < 1.29 is 13.9 Å². The van der Waals surface area contributed by atoms with E-state index in [2.05, 4.69) is 4.98 Å². The van der Waals surface area contributed by atoms with Gasteiger partial charge in [-0.3, -0.25) is 14.7 Å². The predicted octanol–water partition coefficient (Wildman–Crippen LogP) is 4.53. The minimum absolute atomic E-state index is 0.249. The standard InChI is InChI=1S/C20H17N3O3S/c1-2-25-15-7-3-9-17-18(15)22-20(27-17)23(13-14-6-4-10-21-12-14)19(24)16-8-5-11-26-16/h3-12H,2,13H2,1H3. The minimum Gasteiger partial charge on any atom is -0.492 e. The van der Waals surface area contributed by atoms with Gasteiger partial charge in [0.15, 0.2) is 10.9 Å². The molecule has 1 aromatic carbocycles. The van der Waals surface area contributed by atoms with E-state index >= 15 is 0 Å². The third kappa shape index (κ3) is 3.54. The zero-order valence-corrected chi connectivity index (χ0v) is 15.5. The van der Waals surface area contributed by atoms with Crippen molar-refractivity contribution in [1.82, 2.24) is 9.97 Å². The smallest absolute Gasteiger partial charge is 0.296 e. The summed E-state index contributed by atoms with van der Waals surface area (Å²) in [5.74, 6) is 0.730. The highest BCUT2D eigenvalue weighted by molar-refractivity contribution is 7.22. The number of pyridine rings is 1. The summed E-state index contributed by atoms with van der Waals surface area (Å²) >= 11 is 1.44.